The highest BCUT2D eigenvalue weighted by molar-refractivity contribution is 7.89. The van der Waals surface area contributed by atoms with Crippen LogP contribution in [0.4, 0.5) is 14.5 Å². The van der Waals surface area contributed by atoms with Gasteiger partial charge in [-0.05, 0) is 48.7 Å². The van der Waals surface area contributed by atoms with Crippen molar-refractivity contribution < 1.29 is 26.7 Å². The number of ether oxygens (including phenoxy) is 1. The second-order valence-corrected chi connectivity index (χ2v) is 8.74. The predicted octanol–water partition coefficient (Wildman–Crippen LogP) is 2.57. The van der Waals surface area contributed by atoms with Crippen LogP contribution in [0.15, 0.2) is 41.3 Å². The van der Waals surface area contributed by atoms with Gasteiger partial charge >= 0.3 is 0 Å². The van der Waals surface area contributed by atoms with E-state index in [0.717, 1.165) is 22.0 Å². The summed E-state index contributed by atoms with van der Waals surface area (Å²) in [5.74, 6) is -2.22. The highest BCUT2D eigenvalue weighted by Crippen LogP contribution is 2.30. The van der Waals surface area contributed by atoms with E-state index in [0.29, 0.717) is 31.1 Å². The summed E-state index contributed by atoms with van der Waals surface area (Å²) in [6, 6.07) is 7.49. The van der Waals surface area contributed by atoms with Gasteiger partial charge in [0, 0.05) is 32.4 Å². The number of benzene rings is 2. The molecule has 1 heterocycles. The molecule has 0 saturated heterocycles. The van der Waals surface area contributed by atoms with Crippen LogP contribution in [-0.4, -0.2) is 45.9 Å². The SMILES string of the molecule is CN(C)S(=O)(=O)c1ccc2c(c1)CCCN2C(=O)COc1ccc(F)cc1F. The lowest BCUT2D eigenvalue weighted by Gasteiger charge is -2.30. The number of sulfonamides is 1. The Morgan fingerprint density at radius 3 is 2.61 bits per heavy atom. The second kappa shape index (κ2) is 7.84. The summed E-state index contributed by atoms with van der Waals surface area (Å²) in [5, 5.41) is 0. The number of hydrogen-bond donors (Lipinski definition) is 0. The fourth-order valence-electron chi connectivity index (χ4n) is 3.01. The minimum Gasteiger partial charge on any atom is -0.481 e. The van der Waals surface area contributed by atoms with Crippen molar-refractivity contribution in [1.29, 1.82) is 0 Å². The molecular weight excluding hydrogens is 390 g/mol. The highest BCUT2D eigenvalue weighted by Gasteiger charge is 2.26. The third-order valence-electron chi connectivity index (χ3n) is 4.49. The molecule has 6 nitrogen and oxygen atoms in total. The molecule has 0 aromatic heterocycles. The van der Waals surface area contributed by atoms with E-state index >= 15 is 0 Å². The van der Waals surface area contributed by atoms with Crippen molar-refractivity contribution >= 4 is 21.6 Å². The summed E-state index contributed by atoms with van der Waals surface area (Å²) in [6.45, 7) is 0.0284. The van der Waals surface area contributed by atoms with Gasteiger partial charge in [0.1, 0.15) is 5.82 Å². The van der Waals surface area contributed by atoms with E-state index in [1.54, 1.807) is 12.1 Å². The molecule has 0 fully saturated rings. The van der Waals surface area contributed by atoms with Crippen molar-refractivity contribution in [1.82, 2.24) is 4.31 Å². The minimum absolute atomic E-state index is 0.162. The van der Waals surface area contributed by atoms with Crippen molar-refractivity contribution in [2.24, 2.45) is 0 Å². The lowest BCUT2D eigenvalue weighted by molar-refractivity contribution is -0.120. The van der Waals surface area contributed by atoms with E-state index in [4.69, 9.17) is 4.74 Å². The van der Waals surface area contributed by atoms with Crippen LogP contribution >= 0.6 is 0 Å². The first-order valence-electron chi connectivity index (χ1n) is 8.64. The molecule has 3 rings (SSSR count). The average Bonchev–Trinajstić information content (AvgIpc) is 2.66. The zero-order chi connectivity index (χ0) is 20.5. The first-order chi connectivity index (χ1) is 13.2. The number of amides is 1. The molecule has 9 heteroatoms. The molecule has 0 N–H and O–H groups in total. The fraction of sp³-hybridized carbons (Fsp3) is 0.316. The Balaban J connectivity index is 1.79. The lowest BCUT2D eigenvalue weighted by Crippen LogP contribution is -2.38. The zero-order valence-electron chi connectivity index (χ0n) is 15.5. The van der Waals surface area contributed by atoms with Crippen LogP contribution in [0.2, 0.25) is 0 Å². The molecule has 1 amide bonds. The maximum atomic E-state index is 13.7. The molecule has 1 aliphatic heterocycles. The number of anilines is 1. The topological polar surface area (TPSA) is 66.9 Å². The normalized spacial score (nSPS) is 14.1. The molecule has 0 atom stereocenters. The van der Waals surface area contributed by atoms with Crippen LogP contribution in [0.25, 0.3) is 0 Å². The first kappa shape index (κ1) is 20.2. The Hall–Kier alpha value is -2.52. The minimum atomic E-state index is -3.57. The van der Waals surface area contributed by atoms with E-state index in [1.165, 1.54) is 25.1 Å². The van der Waals surface area contributed by atoms with Crippen LogP contribution < -0.4 is 9.64 Å². The number of carbonyl (C=O) groups is 1. The number of rotatable bonds is 5. The van der Waals surface area contributed by atoms with Crippen LogP contribution in [0.5, 0.6) is 5.75 Å². The summed E-state index contributed by atoms with van der Waals surface area (Å²) in [7, 11) is -0.660. The van der Waals surface area contributed by atoms with E-state index in [2.05, 4.69) is 0 Å². The Morgan fingerprint density at radius 1 is 1.18 bits per heavy atom. The van der Waals surface area contributed by atoms with Crippen LogP contribution in [0.3, 0.4) is 0 Å². The summed E-state index contributed by atoms with van der Waals surface area (Å²) >= 11 is 0. The molecule has 1 aliphatic rings. The number of fused-ring (bicyclic) bond motifs is 1. The van der Waals surface area contributed by atoms with Gasteiger partial charge in [0.2, 0.25) is 10.0 Å². The molecule has 2 aromatic rings. The van der Waals surface area contributed by atoms with E-state index in [1.807, 2.05) is 0 Å². The molecule has 0 spiro atoms. The van der Waals surface area contributed by atoms with Crippen molar-refractivity contribution in [3.05, 3.63) is 53.6 Å². The molecule has 0 bridgehead atoms. The standard InChI is InChI=1S/C19H20F2N2O4S/c1-22(2)28(25,26)15-6-7-17-13(10-15)4-3-9-23(17)19(24)12-27-18-8-5-14(20)11-16(18)21/h5-8,10-11H,3-4,9,12H2,1-2H3. The highest BCUT2D eigenvalue weighted by atomic mass is 32.2. The van der Waals surface area contributed by atoms with Crippen LogP contribution in [0.1, 0.15) is 12.0 Å². The van der Waals surface area contributed by atoms with Gasteiger partial charge in [-0.15, -0.1) is 0 Å². The predicted molar refractivity (Wildman–Crippen MR) is 99.8 cm³/mol. The maximum Gasteiger partial charge on any atom is 0.264 e. The van der Waals surface area contributed by atoms with Gasteiger partial charge in [0.15, 0.2) is 18.2 Å². The van der Waals surface area contributed by atoms with Crippen LogP contribution in [-0.2, 0) is 21.2 Å². The summed E-state index contributed by atoms with van der Waals surface area (Å²) in [6.07, 6.45) is 1.30. The smallest absolute Gasteiger partial charge is 0.264 e. The van der Waals surface area contributed by atoms with Gasteiger partial charge in [-0.25, -0.2) is 21.5 Å². The van der Waals surface area contributed by atoms with E-state index < -0.39 is 34.2 Å². The fourth-order valence-corrected chi connectivity index (χ4v) is 3.97. The maximum absolute atomic E-state index is 13.7. The number of nitrogens with zero attached hydrogens (tertiary/aromatic N) is 2. The van der Waals surface area contributed by atoms with Gasteiger partial charge in [0.05, 0.1) is 4.90 Å². The Morgan fingerprint density at radius 2 is 1.93 bits per heavy atom. The molecule has 2 aromatic carbocycles. The molecule has 0 radical (unpaired) electrons. The van der Waals surface area contributed by atoms with Gasteiger partial charge in [-0.3, -0.25) is 4.79 Å². The van der Waals surface area contributed by atoms with Crippen LogP contribution in [0, 0.1) is 11.6 Å². The number of hydrogen-bond acceptors (Lipinski definition) is 4. The number of aryl methyl sites for hydroxylation is 1. The summed E-state index contributed by atoms with van der Waals surface area (Å²) in [4.78, 5) is 14.2. The number of carbonyl (C=O) groups excluding carboxylic acids is 1. The molecule has 28 heavy (non-hydrogen) atoms. The molecule has 0 aliphatic carbocycles. The zero-order valence-corrected chi connectivity index (χ0v) is 16.3. The molecule has 0 unspecified atom stereocenters. The largest absolute Gasteiger partial charge is 0.481 e. The van der Waals surface area contributed by atoms with Gasteiger partial charge in [0.25, 0.3) is 5.91 Å². The van der Waals surface area contributed by atoms with Crippen molar-refractivity contribution in [2.45, 2.75) is 17.7 Å². The van der Waals surface area contributed by atoms with Gasteiger partial charge < -0.3 is 9.64 Å². The quantitative estimate of drug-likeness (QED) is 0.760. The lowest BCUT2D eigenvalue weighted by atomic mass is 10.0. The average molecular weight is 410 g/mol. The first-order valence-corrected chi connectivity index (χ1v) is 10.1. The van der Waals surface area contributed by atoms with Gasteiger partial charge in [-0.2, -0.15) is 0 Å². The summed E-state index contributed by atoms with van der Waals surface area (Å²) < 4.78 is 57.6. The molecular formula is C19H20F2N2O4S. The van der Waals surface area contributed by atoms with Crippen molar-refractivity contribution in [3.8, 4) is 5.75 Å². The van der Waals surface area contributed by atoms with Crippen molar-refractivity contribution in [3.63, 3.8) is 0 Å². The molecule has 150 valence electrons. The molecule has 0 saturated carbocycles. The monoisotopic (exact) mass is 410 g/mol. The van der Waals surface area contributed by atoms with Gasteiger partial charge in [-0.1, -0.05) is 0 Å². The summed E-state index contributed by atoms with van der Waals surface area (Å²) in [5.41, 5.74) is 1.35. The Labute approximate surface area is 162 Å². The third kappa shape index (κ3) is 4.00. The van der Waals surface area contributed by atoms with E-state index in [-0.39, 0.29) is 10.6 Å². The second-order valence-electron chi connectivity index (χ2n) is 6.59. The van der Waals surface area contributed by atoms with E-state index in [9.17, 15) is 22.0 Å². The number of halogens is 2. The Kier molecular flexibility index (Phi) is 5.66. The van der Waals surface area contributed by atoms with Crippen molar-refractivity contribution in [2.75, 3.05) is 32.1 Å². The Bertz CT molecular complexity index is 1010. The third-order valence-corrected chi connectivity index (χ3v) is 6.31.